The van der Waals surface area contributed by atoms with Gasteiger partial charge in [-0.2, -0.15) is 0 Å². The van der Waals surface area contributed by atoms with E-state index in [1.807, 2.05) is 6.92 Å². The largest absolute Gasteiger partial charge is 0.466 e. The van der Waals surface area contributed by atoms with Gasteiger partial charge in [0, 0.05) is 20.1 Å². The van der Waals surface area contributed by atoms with Crippen molar-refractivity contribution >= 4 is 11.9 Å². The van der Waals surface area contributed by atoms with E-state index in [0.717, 1.165) is 0 Å². The summed E-state index contributed by atoms with van der Waals surface area (Å²) in [6.07, 6.45) is 2.39. The minimum atomic E-state index is -0.825. The smallest absolute Gasteiger partial charge is 0.308 e. The number of carbonyl (C=O) groups is 2. The second-order valence-electron chi connectivity index (χ2n) is 5.76. The molecule has 0 aliphatic heterocycles. The van der Waals surface area contributed by atoms with Crippen LogP contribution in [0.25, 0.3) is 0 Å². The Morgan fingerprint density at radius 1 is 1.33 bits per heavy atom. The van der Waals surface area contributed by atoms with Crippen LogP contribution in [0.5, 0.6) is 0 Å². The average Bonchev–Trinajstić information content (AvgIpc) is 2.47. The van der Waals surface area contributed by atoms with E-state index in [9.17, 15) is 14.7 Å². The molecule has 0 saturated heterocycles. The molecular weight excluding hydrogens is 272 g/mol. The van der Waals surface area contributed by atoms with E-state index in [-0.39, 0.29) is 24.3 Å². The average molecular weight is 300 g/mol. The highest BCUT2D eigenvalue weighted by Gasteiger charge is 2.36. The molecule has 122 valence electrons. The standard InChI is InChI=1S/C15H28N2O4/c1-4-17(3)13(18)10-16-11-15(20)8-6-12(7-9-15)14(19)21-5-2/h12,16,20H,4-11H2,1-3H3. The van der Waals surface area contributed by atoms with E-state index >= 15 is 0 Å². The zero-order valence-corrected chi connectivity index (χ0v) is 13.4. The first-order valence-electron chi connectivity index (χ1n) is 7.75. The van der Waals surface area contributed by atoms with Crippen LogP contribution >= 0.6 is 0 Å². The SMILES string of the molecule is CCOC(=O)C1CCC(O)(CNCC(=O)N(C)CC)CC1. The number of hydrogen-bond acceptors (Lipinski definition) is 5. The Morgan fingerprint density at radius 3 is 2.48 bits per heavy atom. The van der Waals surface area contributed by atoms with Gasteiger partial charge in [0.25, 0.3) is 0 Å². The van der Waals surface area contributed by atoms with Crippen molar-refractivity contribution in [2.45, 2.75) is 45.1 Å². The fourth-order valence-corrected chi connectivity index (χ4v) is 2.54. The van der Waals surface area contributed by atoms with Gasteiger partial charge in [-0.05, 0) is 39.5 Å². The molecule has 1 fully saturated rings. The number of aliphatic hydroxyl groups is 1. The van der Waals surface area contributed by atoms with Crippen LogP contribution in [0.3, 0.4) is 0 Å². The Labute approximate surface area is 126 Å². The summed E-state index contributed by atoms with van der Waals surface area (Å²) in [6, 6.07) is 0. The topological polar surface area (TPSA) is 78.9 Å². The number of esters is 1. The van der Waals surface area contributed by atoms with Gasteiger partial charge < -0.3 is 20.1 Å². The molecule has 0 unspecified atom stereocenters. The van der Waals surface area contributed by atoms with Gasteiger partial charge in [0.1, 0.15) is 0 Å². The monoisotopic (exact) mass is 300 g/mol. The number of ether oxygens (including phenoxy) is 1. The molecule has 1 rings (SSSR count). The molecule has 0 aromatic heterocycles. The molecule has 0 radical (unpaired) electrons. The van der Waals surface area contributed by atoms with Crippen LogP contribution in [0.1, 0.15) is 39.5 Å². The molecule has 6 nitrogen and oxygen atoms in total. The molecule has 0 aromatic rings. The lowest BCUT2D eigenvalue weighted by Gasteiger charge is -2.35. The van der Waals surface area contributed by atoms with Crippen LogP contribution in [0.4, 0.5) is 0 Å². The van der Waals surface area contributed by atoms with Crippen molar-refractivity contribution in [1.82, 2.24) is 10.2 Å². The maximum absolute atomic E-state index is 11.7. The first kappa shape index (κ1) is 17.9. The highest BCUT2D eigenvalue weighted by molar-refractivity contribution is 5.77. The van der Waals surface area contributed by atoms with Crippen molar-refractivity contribution in [1.29, 1.82) is 0 Å². The number of hydrogen-bond donors (Lipinski definition) is 2. The maximum atomic E-state index is 11.7. The van der Waals surface area contributed by atoms with Crippen LogP contribution in [-0.4, -0.2) is 60.8 Å². The Bertz CT molecular complexity index is 352. The van der Waals surface area contributed by atoms with Crippen molar-refractivity contribution in [2.24, 2.45) is 5.92 Å². The number of nitrogens with zero attached hydrogens (tertiary/aromatic N) is 1. The van der Waals surface area contributed by atoms with Crippen molar-refractivity contribution in [3.8, 4) is 0 Å². The third kappa shape index (κ3) is 5.63. The number of likely N-dealkylation sites (N-methyl/N-ethyl adjacent to an activating group) is 1. The van der Waals surface area contributed by atoms with E-state index in [1.54, 1.807) is 18.9 Å². The summed E-state index contributed by atoms with van der Waals surface area (Å²) in [5, 5.41) is 13.5. The van der Waals surface area contributed by atoms with Crippen molar-refractivity contribution in [3.05, 3.63) is 0 Å². The van der Waals surface area contributed by atoms with E-state index in [4.69, 9.17) is 4.74 Å². The first-order valence-corrected chi connectivity index (χ1v) is 7.75. The molecule has 2 N–H and O–H groups in total. The zero-order chi connectivity index (χ0) is 15.9. The van der Waals surface area contributed by atoms with Gasteiger partial charge in [-0.1, -0.05) is 0 Å². The van der Waals surface area contributed by atoms with Gasteiger partial charge in [0.2, 0.25) is 5.91 Å². The van der Waals surface area contributed by atoms with E-state index in [2.05, 4.69) is 5.32 Å². The Hall–Kier alpha value is -1.14. The van der Waals surface area contributed by atoms with E-state index in [0.29, 0.717) is 45.4 Å². The summed E-state index contributed by atoms with van der Waals surface area (Å²) < 4.78 is 5.01. The van der Waals surface area contributed by atoms with Gasteiger partial charge in [0.05, 0.1) is 24.7 Å². The normalized spacial score (nSPS) is 25.4. The fourth-order valence-electron chi connectivity index (χ4n) is 2.54. The summed E-state index contributed by atoms with van der Waals surface area (Å²) in [6.45, 7) is 5.40. The molecule has 1 amide bonds. The number of rotatable bonds is 7. The maximum Gasteiger partial charge on any atom is 0.308 e. The zero-order valence-electron chi connectivity index (χ0n) is 13.4. The predicted octanol–water partition coefficient (Wildman–Crippen LogP) is 0.539. The Morgan fingerprint density at radius 2 is 1.95 bits per heavy atom. The van der Waals surface area contributed by atoms with Crippen molar-refractivity contribution in [3.63, 3.8) is 0 Å². The van der Waals surface area contributed by atoms with Gasteiger partial charge in [-0.3, -0.25) is 9.59 Å². The lowest BCUT2D eigenvalue weighted by molar-refractivity contribution is -0.151. The quantitative estimate of drug-likeness (QED) is 0.671. The summed E-state index contributed by atoms with van der Waals surface area (Å²) in [5.74, 6) is -0.244. The Balaban J connectivity index is 2.31. The lowest BCUT2D eigenvalue weighted by Crippen LogP contribution is -2.47. The van der Waals surface area contributed by atoms with E-state index in [1.165, 1.54) is 0 Å². The molecule has 0 bridgehead atoms. The van der Waals surface area contributed by atoms with Crippen LogP contribution in [0, 0.1) is 5.92 Å². The summed E-state index contributed by atoms with van der Waals surface area (Å²) >= 11 is 0. The third-order valence-corrected chi connectivity index (χ3v) is 4.17. The predicted molar refractivity (Wildman–Crippen MR) is 79.7 cm³/mol. The Kier molecular flexibility index (Phi) is 7.11. The highest BCUT2D eigenvalue weighted by atomic mass is 16.5. The third-order valence-electron chi connectivity index (χ3n) is 4.17. The molecule has 21 heavy (non-hydrogen) atoms. The molecule has 0 aromatic carbocycles. The second-order valence-corrected chi connectivity index (χ2v) is 5.76. The van der Waals surface area contributed by atoms with Gasteiger partial charge >= 0.3 is 5.97 Å². The van der Waals surface area contributed by atoms with Gasteiger partial charge in [0.15, 0.2) is 0 Å². The number of carbonyl (C=O) groups excluding carboxylic acids is 2. The van der Waals surface area contributed by atoms with Crippen molar-refractivity contribution in [2.75, 3.05) is 33.3 Å². The molecular formula is C15H28N2O4. The van der Waals surface area contributed by atoms with Gasteiger partial charge in [-0.25, -0.2) is 0 Å². The number of nitrogens with one attached hydrogen (secondary N) is 1. The van der Waals surface area contributed by atoms with Gasteiger partial charge in [-0.15, -0.1) is 0 Å². The highest BCUT2D eigenvalue weighted by Crippen LogP contribution is 2.32. The molecule has 6 heteroatoms. The minimum Gasteiger partial charge on any atom is -0.466 e. The molecule has 0 heterocycles. The molecule has 0 spiro atoms. The first-order chi connectivity index (χ1) is 9.91. The molecule has 1 aliphatic rings. The summed E-state index contributed by atoms with van der Waals surface area (Å²) in [7, 11) is 1.75. The lowest BCUT2D eigenvalue weighted by atomic mass is 9.79. The summed E-state index contributed by atoms with van der Waals surface area (Å²) in [5.41, 5.74) is -0.825. The fraction of sp³-hybridized carbons (Fsp3) is 0.867. The minimum absolute atomic E-state index is 0.0151. The van der Waals surface area contributed by atoms with E-state index < -0.39 is 5.60 Å². The second kappa shape index (κ2) is 8.34. The van der Waals surface area contributed by atoms with Crippen molar-refractivity contribution < 1.29 is 19.4 Å². The molecule has 1 aliphatic carbocycles. The molecule has 0 atom stereocenters. The molecule has 1 saturated carbocycles. The summed E-state index contributed by atoms with van der Waals surface area (Å²) in [4.78, 5) is 24.9. The van der Waals surface area contributed by atoms with Crippen LogP contribution in [0.2, 0.25) is 0 Å². The van der Waals surface area contributed by atoms with Crippen LogP contribution in [0.15, 0.2) is 0 Å². The number of amides is 1. The van der Waals surface area contributed by atoms with Crippen LogP contribution < -0.4 is 5.32 Å². The van der Waals surface area contributed by atoms with Crippen LogP contribution in [-0.2, 0) is 14.3 Å².